The van der Waals surface area contributed by atoms with Crippen molar-refractivity contribution in [1.29, 1.82) is 0 Å². The van der Waals surface area contributed by atoms with Crippen molar-refractivity contribution in [2.75, 3.05) is 16.0 Å². The van der Waals surface area contributed by atoms with E-state index in [1.54, 1.807) is 42.6 Å². The van der Waals surface area contributed by atoms with Gasteiger partial charge in [0.05, 0.1) is 5.69 Å². The van der Waals surface area contributed by atoms with Gasteiger partial charge in [-0.05, 0) is 43.3 Å². The van der Waals surface area contributed by atoms with Gasteiger partial charge in [-0.1, -0.05) is 12.1 Å². The number of imidazole rings is 1. The van der Waals surface area contributed by atoms with Crippen molar-refractivity contribution < 1.29 is 9.18 Å². The molecule has 9 heteroatoms. The molecular weight excluding hydrogens is 385 g/mol. The fourth-order valence-corrected chi connectivity index (χ4v) is 2.80. The fraction of sp³-hybridized carbons (Fsp3) is 0.0476. The molecule has 2 aromatic heterocycles. The molecule has 0 fully saturated rings. The van der Waals surface area contributed by atoms with Crippen LogP contribution in [0.25, 0.3) is 5.82 Å². The quantitative estimate of drug-likeness (QED) is 0.456. The molecule has 0 unspecified atom stereocenters. The fourth-order valence-electron chi connectivity index (χ4n) is 2.80. The van der Waals surface area contributed by atoms with Crippen LogP contribution in [0.2, 0.25) is 0 Å². The molecule has 0 saturated heterocycles. The van der Waals surface area contributed by atoms with Crippen molar-refractivity contribution in [1.82, 2.24) is 19.5 Å². The standard InChI is InChI=1S/C21H18FN7O/c1-14-23-10-11-29(14)20-12-19(24-13-25-20)26-15-6-8-16(9-7-15)27-21(30)28-18-5-3-2-4-17(18)22/h2-13H,1H3,(H,24,25,26)(H2,27,28,30). The first-order chi connectivity index (χ1) is 14.6. The topological polar surface area (TPSA) is 96.8 Å². The Morgan fingerprint density at radius 3 is 2.47 bits per heavy atom. The predicted molar refractivity (Wildman–Crippen MR) is 113 cm³/mol. The number of halogens is 1. The number of nitrogens with one attached hydrogen (secondary N) is 3. The highest BCUT2D eigenvalue weighted by Gasteiger charge is 2.07. The molecule has 2 amide bonds. The Labute approximate surface area is 171 Å². The molecule has 2 aromatic carbocycles. The van der Waals surface area contributed by atoms with Gasteiger partial charge in [0, 0.05) is 29.8 Å². The minimum Gasteiger partial charge on any atom is -0.340 e. The van der Waals surface area contributed by atoms with E-state index in [2.05, 4.69) is 30.9 Å². The predicted octanol–water partition coefficient (Wildman–Crippen LogP) is 4.50. The Hall–Kier alpha value is -4.27. The van der Waals surface area contributed by atoms with E-state index in [1.165, 1.54) is 18.5 Å². The molecule has 150 valence electrons. The first-order valence-corrected chi connectivity index (χ1v) is 9.10. The number of nitrogens with zero attached hydrogens (tertiary/aromatic N) is 4. The second kappa shape index (κ2) is 8.39. The number of benzene rings is 2. The van der Waals surface area contributed by atoms with Crippen molar-refractivity contribution in [3.8, 4) is 5.82 Å². The molecule has 0 atom stereocenters. The van der Waals surface area contributed by atoms with E-state index in [0.29, 0.717) is 17.3 Å². The number of urea groups is 1. The Kier molecular flexibility index (Phi) is 5.33. The monoisotopic (exact) mass is 403 g/mol. The van der Waals surface area contributed by atoms with Crippen LogP contribution in [0.1, 0.15) is 5.82 Å². The van der Waals surface area contributed by atoms with Crippen molar-refractivity contribution >= 4 is 28.9 Å². The van der Waals surface area contributed by atoms with Crippen LogP contribution < -0.4 is 16.0 Å². The lowest BCUT2D eigenvalue weighted by Crippen LogP contribution is -2.20. The minimum atomic E-state index is -0.531. The zero-order valence-corrected chi connectivity index (χ0v) is 16.0. The maximum atomic E-state index is 13.6. The van der Waals surface area contributed by atoms with Gasteiger partial charge in [0.1, 0.15) is 29.6 Å². The Bertz CT molecular complexity index is 1170. The zero-order valence-electron chi connectivity index (χ0n) is 16.0. The second-order valence-corrected chi connectivity index (χ2v) is 6.37. The lowest BCUT2D eigenvalue weighted by Gasteiger charge is -2.10. The first-order valence-electron chi connectivity index (χ1n) is 9.10. The molecule has 3 N–H and O–H groups in total. The number of carbonyl (C=O) groups is 1. The van der Waals surface area contributed by atoms with Gasteiger partial charge in [-0.15, -0.1) is 0 Å². The third kappa shape index (κ3) is 4.41. The van der Waals surface area contributed by atoms with E-state index in [4.69, 9.17) is 0 Å². The van der Waals surface area contributed by atoms with Crippen molar-refractivity contribution in [2.45, 2.75) is 6.92 Å². The van der Waals surface area contributed by atoms with Gasteiger partial charge in [-0.3, -0.25) is 4.57 Å². The Morgan fingerprint density at radius 2 is 1.73 bits per heavy atom. The summed E-state index contributed by atoms with van der Waals surface area (Å²) < 4.78 is 15.5. The molecule has 0 spiro atoms. The van der Waals surface area contributed by atoms with Crippen LogP contribution in [0.4, 0.5) is 32.1 Å². The highest BCUT2D eigenvalue weighted by atomic mass is 19.1. The highest BCUT2D eigenvalue weighted by Crippen LogP contribution is 2.19. The average Bonchev–Trinajstić information content (AvgIpc) is 3.17. The molecule has 0 bridgehead atoms. The maximum absolute atomic E-state index is 13.6. The van der Waals surface area contributed by atoms with Crippen LogP contribution in [0.5, 0.6) is 0 Å². The van der Waals surface area contributed by atoms with Crippen LogP contribution in [-0.2, 0) is 0 Å². The summed E-state index contributed by atoms with van der Waals surface area (Å²) in [6.45, 7) is 1.89. The normalized spacial score (nSPS) is 10.5. The molecule has 0 aliphatic heterocycles. The van der Waals surface area contributed by atoms with Crippen LogP contribution in [0, 0.1) is 12.7 Å². The van der Waals surface area contributed by atoms with E-state index in [0.717, 1.165) is 11.5 Å². The van der Waals surface area contributed by atoms with Gasteiger partial charge in [0.25, 0.3) is 0 Å². The summed E-state index contributed by atoms with van der Waals surface area (Å²) in [7, 11) is 0. The summed E-state index contributed by atoms with van der Waals surface area (Å²) in [4.78, 5) is 24.7. The number of hydrogen-bond donors (Lipinski definition) is 3. The van der Waals surface area contributed by atoms with E-state index in [1.807, 2.05) is 23.8 Å². The maximum Gasteiger partial charge on any atom is 0.323 e. The third-order valence-electron chi connectivity index (χ3n) is 4.26. The minimum absolute atomic E-state index is 0.112. The number of aryl methyl sites for hydroxylation is 1. The lowest BCUT2D eigenvalue weighted by atomic mass is 10.2. The summed E-state index contributed by atoms with van der Waals surface area (Å²) in [6.07, 6.45) is 5.01. The zero-order chi connectivity index (χ0) is 20.9. The van der Waals surface area contributed by atoms with Gasteiger partial charge in [0.2, 0.25) is 0 Å². The molecule has 2 heterocycles. The summed E-state index contributed by atoms with van der Waals surface area (Å²) in [5.41, 5.74) is 1.45. The van der Waals surface area contributed by atoms with E-state index in [9.17, 15) is 9.18 Å². The number of para-hydroxylation sites is 1. The van der Waals surface area contributed by atoms with Gasteiger partial charge in [-0.2, -0.15) is 0 Å². The number of rotatable bonds is 5. The van der Waals surface area contributed by atoms with E-state index in [-0.39, 0.29) is 5.69 Å². The molecular formula is C21H18FN7O. The van der Waals surface area contributed by atoms with Crippen LogP contribution in [-0.4, -0.2) is 25.6 Å². The molecule has 4 aromatic rings. The lowest BCUT2D eigenvalue weighted by molar-refractivity contribution is 0.262. The number of aromatic nitrogens is 4. The van der Waals surface area contributed by atoms with Crippen LogP contribution >= 0.6 is 0 Å². The first kappa shape index (κ1) is 19.1. The summed E-state index contributed by atoms with van der Waals surface area (Å²) in [5.74, 6) is 1.64. The number of carbonyl (C=O) groups excluding carboxylic acids is 1. The number of anilines is 4. The van der Waals surface area contributed by atoms with Crippen molar-refractivity contribution in [3.05, 3.63) is 85.0 Å². The number of hydrogen-bond acceptors (Lipinski definition) is 5. The van der Waals surface area contributed by atoms with Crippen molar-refractivity contribution in [2.24, 2.45) is 0 Å². The van der Waals surface area contributed by atoms with Crippen LogP contribution in [0.3, 0.4) is 0 Å². The molecule has 4 rings (SSSR count). The van der Waals surface area contributed by atoms with Gasteiger partial charge in [-0.25, -0.2) is 24.1 Å². The molecule has 0 saturated carbocycles. The van der Waals surface area contributed by atoms with E-state index < -0.39 is 11.8 Å². The summed E-state index contributed by atoms with van der Waals surface area (Å²) >= 11 is 0. The number of amides is 2. The Balaban J connectivity index is 1.40. The van der Waals surface area contributed by atoms with Crippen LogP contribution in [0.15, 0.2) is 73.3 Å². The summed E-state index contributed by atoms with van der Waals surface area (Å²) in [6, 6.07) is 14.3. The molecule has 0 aliphatic rings. The third-order valence-corrected chi connectivity index (χ3v) is 4.26. The van der Waals surface area contributed by atoms with E-state index >= 15 is 0 Å². The molecule has 8 nitrogen and oxygen atoms in total. The smallest absolute Gasteiger partial charge is 0.323 e. The SMILES string of the molecule is Cc1nccn1-c1cc(Nc2ccc(NC(=O)Nc3ccccc3F)cc2)ncn1. The summed E-state index contributed by atoms with van der Waals surface area (Å²) in [5, 5.41) is 8.33. The second-order valence-electron chi connectivity index (χ2n) is 6.37. The molecule has 0 radical (unpaired) electrons. The Morgan fingerprint density at radius 1 is 0.967 bits per heavy atom. The highest BCUT2D eigenvalue weighted by molar-refractivity contribution is 5.99. The average molecular weight is 403 g/mol. The van der Waals surface area contributed by atoms with Crippen molar-refractivity contribution in [3.63, 3.8) is 0 Å². The largest absolute Gasteiger partial charge is 0.340 e. The molecule has 0 aliphatic carbocycles. The van der Waals surface area contributed by atoms with Gasteiger partial charge in [0.15, 0.2) is 0 Å². The molecule has 30 heavy (non-hydrogen) atoms. The van der Waals surface area contributed by atoms with Gasteiger partial charge >= 0.3 is 6.03 Å². The van der Waals surface area contributed by atoms with Gasteiger partial charge < -0.3 is 16.0 Å².